The maximum absolute atomic E-state index is 14.3. The zero-order valence-electron chi connectivity index (χ0n) is 17.5. The van der Waals surface area contributed by atoms with Crippen LogP contribution in [-0.2, 0) is 17.8 Å². The second kappa shape index (κ2) is 9.27. The summed E-state index contributed by atoms with van der Waals surface area (Å²) in [5.74, 6) is 1.04. The third-order valence-corrected chi connectivity index (χ3v) is 5.44. The molecule has 1 aliphatic rings. The fourth-order valence-electron chi connectivity index (χ4n) is 3.76. The lowest BCUT2D eigenvalue weighted by Gasteiger charge is -2.38. The van der Waals surface area contributed by atoms with E-state index in [1.165, 1.54) is 6.07 Å². The molecule has 0 aliphatic carbocycles. The van der Waals surface area contributed by atoms with E-state index >= 15 is 0 Å². The minimum Gasteiger partial charge on any atom is -0.493 e. The highest BCUT2D eigenvalue weighted by Gasteiger charge is 2.30. The molecule has 1 aliphatic heterocycles. The number of hydrogen-bond donors (Lipinski definition) is 1. The molecule has 1 atom stereocenters. The maximum Gasteiger partial charge on any atom is 0.222 e. The molecule has 0 aromatic heterocycles. The summed E-state index contributed by atoms with van der Waals surface area (Å²) in [5, 5.41) is 3.04. The van der Waals surface area contributed by atoms with Crippen molar-refractivity contribution in [3.8, 4) is 11.5 Å². The Balaban J connectivity index is 1.94. The Labute approximate surface area is 171 Å². The Morgan fingerprint density at radius 1 is 1.21 bits per heavy atom. The molecule has 6 heteroatoms. The van der Waals surface area contributed by atoms with Crippen molar-refractivity contribution >= 4 is 5.91 Å². The Kier molecular flexibility index (Phi) is 6.75. The second-order valence-corrected chi connectivity index (χ2v) is 7.63. The van der Waals surface area contributed by atoms with Gasteiger partial charge in [-0.05, 0) is 35.7 Å². The summed E-state index contributed by atoms with van der Waals surface area (Å²) in [6.45, 7) is 5.43. The zero-order chi connectivity index (χ0) is 21.0. The number of amides is 1. The summed E-state index contributed by atoms with van der Waals surface area (Å²) < 4.78 is 25.2. The quantitative estimate of drug-likeness (QED) is 0.770. The van der Waals surface area contributed by atoms with E-state index in [4.69, 9.17) is 9.47 Å². The van der Waals surface area contributed by atoms with Crippen molar-refractivity contribution in [3.63, 3.8) is 0 Å². The Hall–Kier alpha value is -2.60. The van der Waals surface area contributed by atoms with Crippen molar-refractivity contribution in [2.24, 2.45) is 5.92 Å². The highest BCUT2D eigenvalue weighted by Crippen LogP contribution is 2.38. The topological polar surface area (TPSA) is 50.8 Å². The number of nitrogens with one attached hydrogen (secondary N) is 1. The third-order valence-electron chi connectivity index (χ3n) is 5.44. The number of halogens is 1. The normalized spacial score (nSPS) is 16.4. The second-order valence-electron chi connectivity index (χ2n) is 7.63. The van der Waals surface area contributed by atoms with Gasteiger partial charge in [0, 0.05) is 31.1 Å². The first kappa shape index (κ1) is 21.1. The van der Waals surface area contributed by atoms with Crippen molar-refractivity contribution in [2.45, 2.75) is 32.9 Å². The summed E-state index contributed by atoms with van der Waals surface area (Å²) in [4.78, 5) is 14.4. The number of ether oxygens (including phenoxy) is 2. The van der Waals surface area contributed by atoms with Crippen LogP contribution in [0.25, 0.3) is 0 Å². The summed E-state index contributed by atoms with van der Waals surface area (Å²) in [5.41, 5.74) is 2.89. The van der Waals surface area contributed by atoms with Gasteiger partial charge in [0.2, 0.25) is 5.91 Å². The molecule has 156 valence electrons. The van der Waals surface area contributed by atoms with Crippen molar-refractivity contribution in [1.29, 1.82) is 0 Å². The van der Waals surface area contributed by atoms with E-state index < -0.39 is 0 Å². The molecule has 29 heavy (non-hydrogen) atoms. The number of carbonyl (C=O) groups is 1. The number of benzene rings is 2. The van der Waals surface area contributed by atoms with Gasteiger partial charge in [-0.1, -0.05) is 32.0 Å². The molecule has 0 fully saturated rings. The van der Waals surface area contributed by atoms with Crippen LogP contribution in [0.5, 0.6) is 11.5 Å². The SMILES string of the molecule is COc1cc2c(cc1OC)[C@@H](CNC(=O)C(C)C)N(Cc1ccccc1F)CC2. The number of carbonyl (C=O) groups excluding carboxylic acids is 1. The monoisotopic (exact) mass is 400 g/mol. The predicted molar refractivity (Wildman–Crippen MR) is 111 cm³/mol. The van der Waals surface area contributed by atoms with Gasteiger partial charge in [0.25, 0.3) is 0 Å². The van der Waals surface area contributed by atoms with Crippen LogP contribution in [0.3, 0.4) is 0 Å². The number of rotatable bonds is 7. The lowest BCUT2D eigenvalue weighted by Crippen LogP contribution is -2.42. The molecule has 0 radical (unpaired) electrons. The smallest absolute Gasteiger partial charge is 0.222 e. The average Bonchev–Trinajstić information content (AvgIpc) is 2.72. The summed E-state index contributed by atoms with van der Waals surface area (Å²) in [6, 6.07) is 10.7. The molecule has 5 nitrogen and oxygen atoms in total. The first-order valence-electron chi connectivity index (χ1n) is 9.94. The molecule has 3 rings (SSSR count). The average molecular weight is 400 g/mol. The van der Waals surface area contributed by atoms with E-state index in [1.54, 1.807) is 20.3 Å². The van der Waals surface area contributed by atoms with Gasteiger partial charge in [-0.2, -0.15) is 0 Å². The lowest BCUT2D eigenvalue weighted by atomic mass is 9.91. The molecule has 0 unspecified atom stereocenters. The van der Waals surface area contributed by atoms with Crippen LogP contribution in [0, 0.1) is 11.7 Å². The van der Waals surface area contributed by atoms with E-state index in [-0.39, 0.29) is 23.7 Å². The van der Waals surface area contributed by atoms with Gasteiger partial charge in [-0.15, -0.1) is 0 Å². The third kappa shape index (κ3) is 4.70. The minimum absolute atomic E-state index is 0.00319. The number of nitrogens with zero attached hydrogens (tertiary/aromatic N) is 1. The van der Waals surface area contributed by atoms with Crippen molar-refractivity contribution in [1.82, 2.24) is 10.2 Å². The maximum atomic E-state index is 14.3. The fraction of sp³-hybridized carbons (Fsp3) is 0.435. The van der Waals surface area contributed by atoms with Crippen molar-refractivity contribution < 1.29 is 18.7 Å². The van der Waals surface area contributed by atoms with Crippen molar-refractivity contribution in [3.05, 3.63) is 58.9 Å². The van der Waals surface area contributed by atoms with E-state index in [0.29, 0.717) is 30.2 Å². The molecule has 0 saturated carbocycles. The Bertz CT molecular complexity index is 869. The molecular weight excluding hydrogens is 371 g/mol. The van der Waals surface area contributed by atoms with E-state index in [2.05, 4.69) is 10.2 Å². The standard InChI is InChI=1S/C23H29FN2O3/c1-15(2)23(27)25-13-20-18-12-22(29-4)21(28-3)11-16(18)9-10-26(20)14-17-7-5-6-8-19(17)24/h5-8,11-12,15,20H,9-10,13-14H2,1-4H3,(H,25,27)/t20-/m1/s1. The molecular formula is C23H29FN2O3. The summed E-state index contributed by atoms with van der Waals surface area (Å²) in [6.07, 6.45) is 0.818. The van der Waals surface area contributed by atoms with Gasteiger partial charge in [0.15, 0.2) is 11.5 Å². The van der Waals surface area contributed by atoms with E-state index in [1.807, 2.05) is 38.1 Å². The van der Waals surface area contributed by atoms with Gasteiger partial charge >= 0.3 is 0 Å². The van der Waals surface area contributed by atoms with Crippen LogP contribution in [0.1, 0.15) is 36.6 Å². The van der Waals surface area contributed by atoms with Crippen LogP contribution in [-0.4, -0.2) is 38.1 Å². The van der Waals surface area contributed by atoms with Crippen LogP contribution < -0.4 is 14.8 Å². The van der Waals surface area contributed by atoms with Crippen molar-refractivity contribution in [2.75, 3.05) is 27.3 Å². The molecule has 0 bridgehead atoms. The van der Waals surface area contributed by atoms with Gasteiger partial charge < -0.3 is 14.8 Å². The Morgan fingerprint density at radius 3 is 2.55 bits per heavy atom. The van der Waals surface area contributed by atoms with Crippen LogP contribution in [0.2, 0.25) is 0 Å². The largest absolute Gasteiger partial charge is 0.493 e. The lowest BCUT2D eigenvalue weighted by molar-refractivity contribution is -0.124. The minimum atomic E-state index is -0.212. The van der Waals surface area contributed by atoms with Crippen LogP contribution >= 0.6 is 0 Å². The first-order chi connectivity index (χ1) is 13.9. The highest BCUT2D eigenvalue weighted by molar-refractivity contribution is 5.77. The van der Waals surface area contributed by atoms with Gasteiger partial charge in [0.05, 0.1) is 20.3 Å². The summed E-state index contributed by atoms with van der Waals surface area (Å²) >= 11 is 0. The van der Waals surface area contributed by atoms with E-state index in [9.17, 15) is 9.18 Å². The zero-order valence-corrected chi connectivity index (χ0v) is 17.5. The summed E-state index contributed by atoms with van der Waals surface area (Å²) in [7, 11) is 3.23. The predicted octanol–water partition coefficient (Wildman–Crippen LogP) is 3.71. The number of methoxy groups -OCH3 is 2. The first-order valence-corrected chi connectivity index (χ1v) is 9.94. The molecule has 0 saturated heterocycles. The van der Waals surface area contributed by atoms with Gasteiger partial charge in [-0.3, -0.25) is 9.69 Å². The molecule has 2 aromatic carbocycles. The number of hydrogen-bond acceptors (Lipinski definition) is 4. The molecule has 2 aromatic rings. The number of fused-ring (bicyclic) bond motifs is 1. The molecule has 0 spiro atoms. The molecule has 1 heterocycles. The van der Waals surface area contributed by atoms with Gasteiger partial charge in [0.1, 0.15) is 5.82 Å². The van der Waals surface area contributed by atoms with Gasteiger partial charge in [-0.25, -0.2) is 4.39 Å². The Morgan fingerprint density at radius 2 is 1.90 bits per heavy atom. The van der Waals surface area contributed by atoms with Crippen LogP contribution in [0.15, 0.2) is 36.4 Å². The van der Waals surface area contributed by atoms with Crippen LogP contribution in [0.4, 0.5) is 4.39 Å². The highest BCUT2D eigenvalue weighted by atomic mass is 19.1. The molecule has 1 amide bonds. The molecule has 1 N–H and O–H groups in total. The van der Waals surface area contributed by atoms with E-state index in [0.717, 1.165) is 24.1 Å². The fourth-order valence-corrected chi connectivity index (χ4v) is 3.76.